The Bertz CT molecular complexity index is 179. The Balaban J connectivity index is -0.000000720. The number of hydrogen-bond acceptors (Lipinski definition) is 3. The van der Waals surface area contributed by atoms with E-state index in [-0.39, 0.29) is 39.0 Å². The molecule has 1 unspecified atom stereocenters. The molecule has 0 N–H and O–H groups in total. The standard InChI is InChI=1S/C8H17O2PS2.2Zn/c1-3-5-6-8(4-2)7-13-11(9,10)12;;/h8H,3-7H2,1-2H3;;/q-2;2*+2. The minimum atomic E-state index is -3.51. The fraction of sp³-hybridized carbons (Fsp3) is 1.00. The van der Waals surface area contributed by atoms with Crippen LogP contribution >= 0.6 is 5.69 Å². The molecule has 0 heterocycles. The van der Waals surface area contributed by atoms with Crippen LogP contribution in [-0.4, -0.2) is 5.75 Å². The monoisotopic (exact) mass is 368 g/mol. The van der Waals surface area contributed by atoms with Gasteiger partial charge in [-0.05, 0) is 12.8 Å². The van der Waals surface area contributed by atoms with Crippen LogP contribution in [0.2, 0.25) is 0 Å². The van der Waals surface area contributed by atoms with E-state index in [4.69, 9.17) is 0 Å². The third kappa shape index (κ3) is 16.2. The molecule has 1 atom stereocenters. The Kier molecular flexibility index (Phi) is 18.8. The molecule has 15 heavy (non-hydrogen) atoms. The zero-order valence-electron chi connectivity index (χ0n) is 9.61. The molecule has 0 saturated heterocycles. The average molecular weight is 371 g/mol. The summed E-state index contributed by atoms with van der Waals surface area (Å²) in [5.41, 5.74) is -3.51. The molecular formula is C8H17O2PS2Zn2+2. The second-order valence-electron chi connectivity index (χ2n) is 3.16. The molecule has 0 fully saturated rings. The van der Waals surface area contributed by atoms with Crippen molar-refractivity contribution in [3.05, 3.63) is 0 Å². The second kappa shape index (κ2) is 12.6. The molecule has 80 valence electrons. The Labute approximate surface area is 128 Å². The van der Waals surface area contributed by atoms with Crippen LogP contribution in [0.1, 0.15) is 39.5 Å². The molecule has 2 nitrogen and oxygen atoms in total. The van der Waals surface area contributed by atoms with Crippen molar-refractivity contribution in [1.29, 1.82) is 0 Å². The van der Waals surface area contributed by atoms with Crippen LogP contribution in [0, 0.1) is 5.92 Å². The zero-order valence-corrected chi connectivity index (χ0v) is 18.1. The van der Waals surface area contributed by atoms with Crippen LogP contribution in [0.25, 0.3) is 0 Å². The molecule has 0 aromatic rings. The predicted molar refractivity (Wildman–Crippen MR) is 59.8 cm³/mol. The third-order valence-corrected chi connectivity index (χ3v) is 5.29. The molecule has 0 spiro atoms. The quantitative estimate of drug-likeness (QED) is 0.305. The summed E-state index contributed by atoms with van der Waals surface area (Å²) >= 11 is 4.33. The molecule has 0 aliphatic carbocycles. The fourth-order valence-corrected chi connectivity index (χ4v) is 3.62. The molecule has 0 rings (SSSR count). The van der Waals surface area contributed by atoms with Crippen molar-refractivity contribution in [2.75, 3.05) is 5.75 Å². The summed E-state index contributed by atoms with van der Waals surface area (Å²) in [5, 5.41) is 0. The van der Waals surface area contributed by atoms with Gasteiger partial charge in [0.1, 0.15) is 0 Å². The maximum atomic E-state index is 10.7. The second-order valence-corrected chi connectivity index (χ2v) is 9.00. The number of unbranched alkanes of at least 4 members (excludes halogenated alkanes) is 1. The van der Waals surface area contributed by atoms with Gasteiger partial charge in [0, 0.05) is 5.92 Å². The van der Waals surface area contributed by atoms with Gasteiger partial charge in [0.25, 0.3) is 0 Å². The van der Waals surface area contributed by atoms with Crippen LogP contribution in [0.4, 0.5) is 0 Å². The van der Waals surface area contributed by atoms with Gasteiger partial charge in [-0.1, -0.05) is 26.7 Å². The third-order valence-electron chi connectivity index (χ3n) is 2.01. The van der Waals surface area contributed by atoms with Crippen molar-refractivity contribution in [2.24, 2.45) is 5.92 Å². The van der Waals surface area contributed by atoms with E-state index in [0.29, 0.717) is 11.7 Å². The molecular weight excluding hydrogens is 354 g/mol. The Hall–Kier alpha value is 2.17. The smallest absolute Gasteiger partial charge is 0.816 e. The zero-order chi connectivity index (χ0) is 10.3. The van der Waals surface area contributed by atoms with Gasteiger partial charge in [-0.15, -0.1) is 0 Å². The topological polar surface area (TPSA) is 46.1 Å². The van der Waals surface area contributed by atoms with Crippen LogP contribution < -0.4 is 9.79 Å². The largest absolute Gasteiger partial charge is 2.00 e. The van der Waals surface area contributed by atoms with E-state index in [1.54, 1.807) is 0 Å². The van der Waals surface area contributed by atoms with E-state index in [0.717, 1.165) is 23.8 Å². The first-order valence-electron chi connectivity index (χ1n) is 4.66. The molecule has 0 radical (unpaired) electrons. The van der Waals surface area contributed by atoms with Crippen molar-refractivity contribution >= 4 is 28.9 Å². The molecule has 0 aromatic heterocycles. The summed E-state index contributed by atoms with van der Waals surface area (Å²) in [7, 11) is 0.932. The Morgan fingerprint density at radius 1 is 1.27 bits per heavy atom. The van der Waals surface area contributed by atoms with Gasteiger partial charge in [-0.3, -0.25) is 0 Å². The van der Waals surface area contributed by atoms with Crippen molar-refractivity contribution in [2.45, 2.75) is 39.5 Å². The van der Waals surface area contributed by atoms with Crippen LogP contribution in [0.5, 0.6) is 0 Å². The van der Waals surface area contributed by atoms with Gasteiger partial charge in [0.15, 0.2) is 5.75 Å². The summed E-state index contributed by atoms with van der Waals surface area (Å²) in [6.45, 7) is 4.24. The van der Waals surface area contributed by atoms with Gasteiger partial charge in [-0.2, -0.15) is 5.69 Å². The van der Waals surface area contributed by atoms with Crippen molar-refractivity contribution in [3.63, 3.8) is 0 Å². The van der Waals surface area contributed by atoms with Crippen molar-refractivity contribution in [3.8, 4) is 0 Å². The SMILES string of the molecule is CCCCC(CC)C[S+]=P([O-])([O-])[S-].[Zn+2].[Zn+2]. The van der Waals surface area contributed by atoms with E-state index in [9.17, 15) is 9.79 Å². The Morgan fingerprint density at radius 3 is 2.13 bits per heavy atom. The van der Waals surface area contributed by atoms with Crippen LogP contribution in [0.15, 0.2) is 0 Å². The molecule has 0 bridgehead atoms. The summed E-state index contributed by atoms with van der Waals surface area (Å²) in [4.78, 5) is 21.5. The summed E-state index contributed by atoms with van der Waals surface area (Å²) in [6, 6.07) is 0. The van der Waals surface area contributed by atoms with Gasteiger partial charge in [-0.25, -0.2) is 0 Å². The molecule has 0 aromatic carbocycles. The predicted octanol–water partition coefficient (Wildman–Crippen LogP) is 1.23. The maximum absolute atomic E-state index is 10.7. The summed E-state index contributed by atoms with van der Waals surface area (Å²) in [5.74, 6) is 1.18. The van der Waals surface area contributed by atoms with E-state index in [1.165, 1.54) is 12.8 Å². The van der Waals surface area contributed by atoms with Gasteiger partial charge in [0.2, 0.25) is 0 Å². The van der Waals surface area contributed by atoms with Crippen LogP contribution in [-0.2, 0) is 62.1 Å². The molecule has 0 amide bonds. The van der Waals surface area contributed by atoms with Crippen molar-refractivity contribution < 1.29 is 48.7 Å². The van der Waals surface area contributed by atoms with Crippen LogP contribution in [0.3, 0.4) is 0 Å². The van der Waals surface area contributed by atoms with E-state index in [2.05, 4.69) is 26.1 Å². The van der Waals surface area contributed by atoms with Gasteiger partial charge >= 0.3 is 39.0 Å². The maximum Gasteiger partial charge on any atom is 2.00 e. The minimum Gasteiger partial charge on any atom is -0.816 e. The minimum absolute atomic E-state index is 0. The normalized spacial score (nSPS) is 12.3. The molecule has 0 saturated carbocycles. The molecule has 0 aliphatic rings. The fourth-order valence-electron chi connectivity index (χ4n) is 1.09. The summed E-state index contributed by atoms with van der Waals surface area (Å²) < 4.78 is 0. The molecule has 0 aliphatic heterocycles. The summed E-state index contributed by atoms with van der Waals surface area (Å²) in [6.07, 6.45) is 4.52. The van der Waals surface area contributed by atoms with E-state index < -0.39 is 5.69 Å². The van der Waals surface area contributed by atoms with Crippen molar-refractivity contribution in [1.82, 2.24) is 0 Å². The van der Waals surface area contributed by atoms with E-state index in [1.807, 2.05) is 0 Å². The average Bonchev–Trinajstić information content (AvgIpc) is 2.03. The first-order valence-corrected chi connectivity index (χ1v) is 8.89. The number of hydrogen-bond donors (Lipinski definition) is 0. The molecule has 7 heteroatoms. The van der Waals surface area contributed by atoms with Gasteiger partial charge < -0.3 is 22.0 Å². The first kappa shape index (κ1) is 22.4. The number of rotatable bonds is 6. The Morgan fingerprint density at radius 2 is 1.80 bits per heavy atom. The van der Waals surface area contributed by atoms with Gasteiger partial charge in [0.05, 0.1) is 10.9 Å². The van der Waals surface area contributed by atoms with E-state index >= 15 is 0 Å². The first-order chi connectivity index (χ1) is 5.99.